The van der Waals surface area contributed by atoms with Gasteiger partial charge in [0.2, 0.25) is 5.95 Å². The Morgan fingerprint density at radius 2 is 1.88 bits per heavy atom. The Kier molecular flexibility index (Phi) is 3.09. The first kappa shape index (κ1) is 14.1. The number of nitro benzene ring substituents is 1. The minimum Gasteiger partial charge on any atom is -0.263 e. The lowest BCUT2D eigenvalue weighted by Gasteiger charge is -2.11. The van der Waals surface area contributed by atoms with Crippen molar-refractivity contribution in [2.45, 2.75) is 6.92 Å². The van der Waals surface area contributed by atoms with Crippen LogP contribution in [0.25, 0.3) is 5.69 Å². The molecule has 0 bridgehead atoms. The second-order valence-electron chi connectivity index (χ2n) is 5.27. The van der Waals surface area contributed by atoms with Crippen molar-refractivity contribution in [1.82, 2.24) is 14.8 Å². The predicted octanol–water partition coefficient (Wildman–Crippen LogP) is 2.66. The fourth-order valence-electron chi connectivity index (χ4n) is 2.80. The molecule has 0 fully saturated rings. The summed E-state index contributed by atoms with van der Waals surface area (Å²) in [6.07, 6.45) is 0. The van der Waals surface area contributed by atoms with Crippen molar-refractivity contribution in [2.75, 3.05) is 5.43 Å². The lowest BCUT2D eigenvalue weighted by Crippen LogP contribution is -2.11. The van der Waals surface area contributed by atoms with Gasteiger partial charge in [0.15, 0.2) is 0 Å². The first-order valence-corrected chi connectivity index (χ1v) is 7.26. The molecular formula is C16H12N6O2. The molecule has 0 aliphatic carbocycles. The van der Waals surface area contributed by atoms with Crippen molar-refractivity contribution in [2.24, 2.45) is 5.10 Å². The number of benzene rings is 2. The molecule has 2 heterocycles. The maximum absolute atomic E-state index is 11.6. The summed E-state index contributed by atoms with van der Waals surface area (Å²) in [5.41, 5.74) is 5.16. The standard InChI is InChI=1S/C16H12N6O2/c1-10-17-19-16-20-18-15(11-6-3-2-4-7-11)14-12(21(10)16)8-5-9-13(14)22(23)24/h2-9H,1H3,(H,19,20). The van der Waals surface area contributed by atoms with Gasteiger partial charge in [-0.05, 0) is 13.0 Å². The van der Waals surface area contributed by atoms with Crippen LogP contribution in [0.1, 0.15) is 17.0 Å². The highest BCUT2D eigenvalue weighted by molar-refractivity contribution is 6.18. The highest BCUT2D eigenvalue weighted by Crippen LogP contribution is 2.32. The number of hydrogen-bond acceptors (Lipinski definition) is 6. The summed E-state index contributed by atoms with van der Waals surface area (Å²) in [5.74, 6) is 1.03. The van der Waals surface area contributed by atoms with E-state index in [4.69, 9.17) is 0 Å². The molecule has 0 radical (unpaired) electrons. The molecule has 0 unspecified atom stereocenters. The van der Waals surface area contributed by atoms with Crippen molar-refractivity contribution < 1.29 is 4.92 Å². The molecule has 0 amide bonds. The van der Waals surface area contributed by atoms with Gasteiger partial charge in [0, 0.05) is 11.6 Å². The summed E-state index contributed by atoms with van der Waals surface area (Å²) in [6, 6.07) is 14.3. The molecular weight excluding hydrogens is 308 g/mol. The van der Waals surface area contributed by atoms with E-state index in [-0.39, 0.29) is 5.69 Å². The van der Waals surface area contributed by atoms with Crippen LogP contribution in [0.4, 0.5) is 11.6 Å². The zero-order valence-corrected chi connectivity index (χ0v) is 12.7. The van der Waals surface area contributed by atoms with E-state index in [2.05, 4.69) is 20.7 Å². The van der Waals surface area contributed by atoms with Crippen LogP contribution in [-0.4, -0.2) is 25.4 Å². The van der Waals surface area contributed by atoms with Crippen molar-refractivity contribution in [3.05, 3.63) is 75.6 Å². The first-order valence-electron chi connectivity index (χ1n) is 7.26. The maximum Gasteiger partial charge on any atom is 0.280 e. The zero-order chi connectivity index (χ0) is 16.7. The number of nitro groups is 1. The molecule has 118 valence electrons. The fourth-order valence-corrected chi connectivity index (χ4v) is 2.80. The third-order valence-electron chi connectivity index (χ3n) is 3.83. The summed E-state index contributed by atoms with van der Waals surface area (Å²) in [5, 5.41) is 24.0. The van der Waals surface area contributed by atoms with Gasteiger partial charge in [-0.25, -0.2) is 5.43 Å². The molecule has 2 aromatic carbocycles. The highest BCUT2D eigenvalue weighted by Gasteiger charge is 2.28. The quantitative estimate of drug-likeness (QED) is 0.578. The highest BCUT2D eigenvalue weighted by atomic mass is 16.6. The summed E-state index contributed by atoms with van der Waals surface area (Å²) >= 11 is 0. The van der Waals surface area contributed by atoms with Gasteiger partial charge in [0.05, 0.1) is 10.6 Å². The molecule has 1 aliphatic heterocycles. The number of aryl methyl sites for hydroxylation is 1. The number of nitrogens with one attached hydrogen (secondary N) is 1. The summed E-state index contributed by atoms with van der Waals surface area (Å²) in [6.45, 7) is 1.79. The van der Waals surface area contributed by atoms with E-state index in [0.29, 0.717) is 28.7 Å². The van der Waals surface area contributed by atoms with Gasteiger partial charge >= 0.3 is 0 Å². The molecule has 8 nitrogen and oxygen atoms in total. The number of hydrogen-bond donors (Lipinski definition) is 1. The van der Waals surface area contributed by atoms with E-state index in [1.165, 1.54) is 6.07 Å². The van der Waals surface area contributed by atoms with Gasteiger partial charge in [-0.1, -0.05) is 36.4 Å². The average molecular weight is 320 g/mol. The maximum atomic E-state index is 11.6. The third-order valence-corrected chi connectivity index (χ3v) is 3.83. The number of anilines is 1. The second kappa shape index (κ2) is 5.27. The Bertz CT molecular complexity index is 977. The van der Waals surface area contributed by atoms with Crippen LogP contribution in [-0.2, 0) is 0 Å². The Balaban J connectivity index is 2.08. The smallest absolute Gasteiger partial charge is 0.263 e. The zero-order valence-electron chi connectivity index (χ0n) is 12.7. The van der Waals surface area contributed by atoms with Crippen LogP contribution in [0.15, 0.2) is 53.6 Å². The molecule has 3 aromatic rings. The number of hydrazone groups is 1. The number of aromatic nitrogens is 3. The fraction of sp³-hybridized carbons (Fsp3) is 0.0625. The molecule has 4 rings (SSSR count). The second-order valence-corrected chi connectivity index (χ2v) is 5.27. The van der Waals surface area contributed by atoms with E-state index in [1.54, 1.807) is 23.6 Å². The third kappa shape index (κ3) is 2.04. The number of rotatable bonds is 2. The lowest BCUT2D eigenvalue weighted by molar-refractivity contribution is -0.385. The Morgan fingerprint density at radius 1 is 1.08 bits per heavy atom. The lowest BCUT2D eigenvalue weighted by atomic mass is 9.99. The van der Waals surface area contributed by atoms with Crippen molar-refractivity contribution in [3.8, 4) is 5.69 Å². The molecule has 1 N–H and O–H groups in total. The Hall–Kier alpha value is -3.55. The SMILES string of the molecule is Cc1nnc2n1-c1cccc([N+](=O)[O-])c1C(c1ccccc1)=NN2. The van der Waals surface area contributed by atoms with Crippen molar-refractivity contribution >= 4 is 17.3 Å². The predicted molar refractivity (Wildman–Crippen MR) is 88.5 cm³/mol. The minimum absolute atomic E-state index is 0.0159. The molecule has 24 heavy (non-hydrogen) atoms. The van der Waals surface area contributed by atoms with E-state index in [9.17, 15) is 10.1 Å². The first-order chi connectivity index (χ1) is 11.7. The molecule has 1 aromatic heterocycles. The Labute approximate surface area is 136 Å². The average Bonchev–Trinajstić information content (AvgIpc) is 2.87. The van der Waals surface area contributed by atoms with Crippen LogP contribution in [0, 0.1) is 17.0 Å². The number of nitrogens with zero attached hydrogens (tertiary/aromatic N) is 5. The molecule has 0 saturated heterocycles. The van der Waals surface area contributed by atoms with Gasteiger partial charge < -0.3 is 0 Å². The van der Waals surface area contributed by atoms with Crippen molar-refractivity contribution in [3.63, 3.8) is 0 Å². The molecule has 8 heteroatoms. The van der Waals surface area contributed by atoms with Gasteiger partial charge in [-0.3, -0.25) is 14.7 Å². The van der Waals surface area contributed by atoms with Crippen molar-refractivity contribution in [1.29, 1.82) is 0 Å². The molecule has 0 spiro atoms. The normalized spacial score (nSPS) is 12.5. The Morgan fingerprint density at radius 3 is 2.62 bits per heavy atom. The van der Waals surface area contributed by atoms with Gasteiger partial charge in [0.25, 0.3) is 5.69 Å². The monoisotopic (exact) mass is 320 g/mol. The van der Waals surface area contributed by atoms with E-state index in [0.717, 1.165) is 5.56 Å². The van der Waals surface area contributed by atoms with Crippen LogP contribution in [0.5, 0.6) is 0 Å². The van der Waals surface area contributed by atoms with Crippen LogP contribution in [0.2, 0.25) is 0 Å². The topological polar surface area (TPSA) is 98.2 Å². The molecule has 0 saturated carbocycles. The van der Waals surface area contributed by atoms with Gasteiger partial charge in [-0.2, -0.15) is 5.10 Å². The van der Waals surface area contributed by atoms with E-state index >= 15 is 0 Å². The van der Waals surface area contributed by atoms with Crippen LogP contribution >= 0.6 is 0 Å². The largest absolute Gasteiger partial charge is 0.280 e. The van der Waals surface area contributed by atoms with E-state index in [1.807, 2.05) is 30.3 Å². The summed E-state index contributed by atoms with van der Waals surface area (Å²) < 4.78 is 1.72. The van der Waals surface area contributed by atoms with E-state index < -0.39 is 4.92 Å². The molecule has 1 aliphatic rings. The molecule has 0 atom stereocenters. The number of fused-ring (bicyclic) bond motifs is 3. The summed E-state index contributed by atoms with van der Waals surface area (Å²) in [7, 11) is 0. The van der Waals surface area contributed by atoms with Gasteiger partial charge in [-0.15, -0.1) is 10.2 Å². The summed E-state index contributed by atoms with van der Waals surface area (Å²) in [4.78, 5) is 11.2. The minimum atomic E-state index is -0.401. The van der Waals surface area contributed by atoms with Gasteiger partial charge in [0.1, 0.15) is 17.1 Å². The van der Waals surface area contributed by atoms with Crippen LogP contribution in [0.3, 0.4) is 0 Å². The van der Waals surface area contributed by atoms with Crippen LogP contribution < -0.4 is 5.43 Å².